The van der Waals surface area contributed by atoms with Crippen LogP contribution in [0.5, 0.6) is 11.5 Å². The zero-order chi connectivity index (χ0) is 16.8. The minimum absolute atomic E-state index is 0.0155. The van der Waals surface area contributed by atoms with Gasteiger partial charge in [0.25, 0.3) is 0 Å². The molecule has 0 aliphatic carbocycles. The lowest BCUT2D eigenvalue weighted by molar-refractivity contribution is 0.308. The molecule has 3 aromatic rings. The molecule has 8 heteroatoms. The number of benzene rings is 2. The molecule has 1 aromatic heterocycles. The highest BCUT2D eigenvalue weighted by Gasteiger charge is 2.09. The van der Waals surface area contributed by atoms with E-state index < -0.39 is 0 Å². The Bertz CT molecular complexity index is 873. The molecule has 120 valence electrons. The highest BCUT2D eigenvalue weighted by molar-refractivity contribution is 5.99. The molecule has 2 aromatic carbocycles. The van der Waals surface area contributed by atoms with Gasteiger partial charge in [0.1, 0.15) is 11.5 Å². The van der Waals surface area contributed by atoms with Crippen molar-refractivity contribution in [2.45, 2.75) is 0 Å². The molecule has 4 N–H and O–H groups in total. The number of rotatable bonds is 5. The fourth-order valence-corrected chi connectivity index (χ4v) is 1.86. The monoisotopic (exact) mass is 322 g/mol. The van der Waals surface area contributed by atoms with E-state index in [4.69, 9.17) is 16.2 Å². The highest BCUT2D eigenvalue weighted by Crippen LogP contribution is 2.21. The number of ether oxygens (including phenoxy) is 1. The Morgan fingerprint density at radius 2 is 1.83 bits per heavy atom. The smallest absolute Gasteiger partial charge is 0.199 e. The van der Waals surface area contributed by atoms with E-state index in [0.717, 1.165) is 11.3 Å². The van der Waals surface area contributed by atoms with Crippen molar-refractivity contribution in [3.05, 3.63) is 65.9 Å². The molecule has 0 amide bonds. The van der Waals surface area contributed by atoms with E-state index in [0.29, 0.717) is 5.75 Å². The van der Waals surface area contributed by atoms with E-state index >= 15 is 0 Å². The van der Waals surface area contributed by atoms with Crippen LogP contribution in [0.2, 0.25) is 0 Å². The Kier molecular flexibility index (Phi) is 4.47. The van der Waals surface area contributed by atoms with Crippen molar-refractivity contribution in [3.63, 3.8) is 0 Å². The Balaban J connectivity index is 1.71. The number of nitrogens with two attached hydrogens (primary N) is 2. The molecule has 0 radical (unpaired) electrons. The molecule has 0 fully saturated rings. The molecule has 0 saturated carbocycles. The molecule has 0 bridgehead atoms. The van der Waals surface area contributed by atoms with E-state index in [9.17, 15) is 0 Å². The third-order valence-electron chi connectivity index (χ3n) is 2.97. The van der Waals surface area contributed by atoms with Crippen molar-refractivity contribution in [2.24, 2.45) is 15.9 Å². The quantitative estimate of drug-likeness (QED) is 0.421. The van der Waals surface area contributed by atoms with Crippen LogP contribution in [-0.2, 0) is 0 Å². The minimum atomic E-state index is 0.0155. The topological polar surface area (TPSA) is 125 Å². The van der Waals surface area contributed by atoms with Gasteiger partial charge in [-0.2, -0.15) is 5.10 Å². The van der Waals surface area contributed by atoms with Gasteiger partial charge in [-0.3, -0.25) is 0 Å². The number of aromatic nitrogens is 2. The second-order valence-corrected chi connectivity index (χ2v) is 4.72. The van der Waals surface area contributed by atoms with Crippen molar-refractivity contribution in [3.8, 4) is 11.5 Å². The van der Waals surface area contributed by atoms with E-state index in [2.05, 4.69) is 25.1 Å². The van der Waals surface area contributed by atoms with Crippen LogP contribution in [0.15, 0.2) is 69.4 Å². The van der Waals surface area contributed by atoms with Crippen LogP contribution in [0.1, 0.15) is 11.3 Å². The predicted molar refractivity (Wildman–Crippen MR) is 90.0 cm³/mol. The third-order valence-corrected chi connectivity index (χ3v) is 2.97. The number of amidine groups is 1. The van der Waals surface area contributed by atoms with Gasteiger partial charge in [-0.25, -0.2) is 4.63 Å². The van der Waals surface area contributed by atoms with Crippen molar-refractivity contribution >= 4 is 17.9 Å². The Morgan fingerprint density at radius 3 is 2.58 bits per heavy atom. The molecule has 24 heavy (non-hydrogen) atoms. The minimum Gasteiger partial charge on any atom is -0.457 e. The lowest BCUT2D eigenvalue weighted by atomic mass is 10.2. The zero-order valence-electron chi connectivity index (χ0n) is 12.5. The van der Waals surface area contributed by atoms with Crippen LogP contribution < -0.4 is 16.2 Å². The second kappa shape index (κ2) is 7.05. The molecule has 0 spiro atoms. The summed E-state index contributed by atoms with van der Waals surface area (Å²) in [5.41, 5.74) is 12.2. The Labute approximate surface area is 137 Å². The first-order valence-electron chi connectivity index (χ1n) is 7.00. The molecule has 1 heterocycles. The second-order valence-electron chi connectivity index (χ2n) is 4.72. The largest absolute Gasteiger partial charge is 0.457 e. The van der Waals surface area contributed by atoms with Crippen LogP contribution in [0, 0.1) is 0 Å². The summed E-state index contributed by atoms with van der Waals surface area (Å²) in [4.78, 5) is 0. The van der Waals surface area contributed by atoms with E-state index in [1.807, 2.05) is 54.6 Å². The van der Waals surface area contributed by atoms with Crippen LogP contribution in [-0.4, -0.2) is 22.4 Å². The number of anilines is 1. The first kappa shape index (κ1) is 15.2. The van der Waals surface area contributed by atoms with Crippen molar-refractivity contribution in [1.29, 1.82) is 0 Å². The SMILES string of the molecule is NC(=N/N=C\c1cccc(Oc2ccccc2)c1)c1nonc1N. The number of para-hydroxylation sites is 1. The summed E-state index contributed by atoms with van der Waals surface area (Å²) < 4.78 is 10.2. The average molecular weight is 322 g/mol. The standard InChI is InChI=1S/C16H14N6O2/c17-15(14-16(18)22-24-21-14)20-19-10-11-5-4-8-13(9-11)23-12-6-2-1-3-7-12/h1-10H,(H2,17,20)(H2,18,22)/b19-10-. The average Bonchev–Trinajstić information content (AvgIpc) is 3.02. The van der Waals surface area contributed by atoms with E-state index in [-0.39, 0.29) is 17.3 Å². The molecular weight excluding hydrogens is 308 g/mol. The summed E-state index contributed by atoms with van der Waals surface area (Å²) >= 11 is 0. The van der Waals surface area contributed by atoms with Gasteiger partial charge in [0, 0.05) is 0 Å². The maximum absolute atomic E-state index is 5.75. The van der Waals surface area contributed by atoms with E-state index in [1.54, 1.807) is 0 Å². The molecule has 0 atom stereocenters. The number of hydrogen-bond donors (Lipinski definition) is 2. The van der Waals surface area contributed by atoms with E-state index in [1.165, 1.54) is 6.21 Å². The van der Waals surface area contributed by atoms with Crippen molar-refractivity contribution in [1.82, 2.24) is 10.3 Å². The van der Waals surface area contributed by atoms with Crippen LogP contribution in [0.3, 0.4) is 0 Å². The number of nitrogens with zero attached hydrogens (tertiary/aromatic N) is 4. The van der Waals surface area contributed by atoms with Gasteiger partial charge in [-0.15, -0.1) is 5.10 Å². The van der Waals surface area contributed by atoms with Crippen LogP contribution in [0.4, 0.5) is 5.82 Å². The van der Waals surface area contributed by atoms with Crippen LogP contribution in [0.25, 0.3) is 0 Å². The molecule has 8 nitrogen and oxygen atoms in total. The van der Waals surface area contributed by atoms with Gasteiger partial charge in [-0.05, 0) is 40.1 Å². The Hall–Kier alpha value is -3.68. The fourth-order valence-electron chi connectivity index (χ4n) is 1.86. The first-order chi connectivity index (χ1) is 11.7. The van der Waals surface area contributed by atoms with Gasteiger partial charge in [0.15, 0.2) is 17.3 Å². The maximum atomic E-state index is 5.75. The molecule has 0 aliphatic rings. The molecular formula is C16H14N6O2. The molecule has 0 unspecified atom stereocenters. The van der Waals surface area contributed by atoms with Gasteiger partial charge in [0.2, 0.25) is 0 Å². The fraction of sp³-hybridized carbons (Fsp3) is 0. The first-order valence-corrected chi connectivity index (χ1v) is 7.00. The molecule has 0 saturated heterocycles. The molecule has 3 rings (SSSR count). The summed E-state index contributed by atoms with van der Waals surface area (Å²) in [6, 6.07) is 16.9. The lowest BCUT2D eigenvalue weighted by Gasteiger charge is -2.05. The highest BCUT2D eigenvalue weighted by atomic mass is 16.6. The van der Waals surface area contributed by atoms with Crippen LogP contribution >= 0.6 is 0 Å². The third kappa shape index (κ3) is 3.74. The summed E-state index contributed by atoms with van der Waals surface area (Å²) in [5, 5.41) is 14.7. The van der Waals surface area contributed by atoms with Gasteiger partial charge in [-0.1, -0.05) is 30.3 Å². The number of nitrogen functional groups attached to an aromatic ring is 1. The summed E-state index contributed by atoms with van der Waals surface area (Å²) in [5.74, 6) is 1.52. The van der Waals surface area contributed by atoms with Gasteiger partial charge in [0.05, 0.1) is 6.21 Å². The summed E-state index contributed by atoms with van der Waals surface area (Å²) in [7, 11) is 0. The van der Waals surface area contributed by atoms with Crippen molar-refractivity contribution in [2.75, 3.05) is 5.73 Å². The lowest BCUT2D eigenvalue weighted by Crippen LogP contribution is -2.15. The summed E-state index contributed by atoms with van der Waals surface area (Å²) in [6.07, 6.45) is 1.54. The normalized spacial score (nSPS) is 11.8. The Morgan fingerprint density at radius 1 is 1.04 bits per heavy atom. The number of hydrogen-bond acceptors (Lipinski definition) is 7. The van der Waals surface area contributed by atoms with Gasteiger partial charge >= 0.3 is 0 Å². The van der Waals surface area contributed by atoms with Crippen molar-refractivity contribution < 1.29 is 9.37 Å². The van der Waals surface area contributed by atoms with Gasteiger partial charge < -0.3 is 16.2 Å². The maximum Gasteiger partial charge on any atom is 0.199 e. The summed E-state index contributed by atoms with van der Waals surface area (Å²) in [6.45, 7) is 0. The zero-order valence-corrected chi connectivity index (χ0v) is 12.5. The predicted octanol–water partition coefficient (Wildman–Crippen LogP) is 2.18. The molecule has 0 aliphatic heterocycles.